The van der Waals surface area contributed by atoms with Gasteiger partial charge < -0.3 is 14.6 Å². The smallest absolute Gasteiger partial charge is 0.417 e. The number of halogens is 5. The third kappa shape index (κ3) is 4.68. The van der Waals surface area contributed by atoms with Crippen LogP contribution in [-0.4, -0.2) is 11.1 Å². The molecule has 0 bridgehead atoms. The van der Waals surface area contributed by atoms with Crippen LogP contribution in [0.5, 0.6) is 5.75 Å². The van der Waals surface area contributed by atoms with Gasteiger partial charge in [-0.05, 0) is 37.3 Å². The summed E-state index contributed by atoms with van der Waals surface area (Å²) in [4.78, 5) is 12.5. The average Bonchev–Trinajstić information content (AvgIpc) is 3.02. The lowest BCUT2D eigenvalue weighted by Crippen LogP contribution is -2.16. The van der Waals surface area contributed by atoms with Gasteiger partial charge in [-0.15, -0.1) is 0 Å². The Morgan fingerprint density at radius 1 is 1.24 bits per heavy atom. The Hall–Kier alpha value is -3.07. The van der Waals surface area contributed by atoms with Crippen molar-refractivity contribution in [2.45, 2.75) is 19.7 Å². The molecule has 10 heteroatoms. The van der Waals surface area contributed by atoms with Gasteiger partial charge in [-0.1, -0.05) is 28.9 Å². The summed E-state index contributed by atoms with van der Waals surface area (Å²) in [5, 5.41) is 5.44. The fourth-order valence-corrected chi connectivity index (χ4v) is 2.69. The summed E-state index contributed by atoms with van der Waals surface area (Å²) >= 11 is 5.57. The highest BCUT2D eigenvalue weighted by molar-refractivity contribution is 6.31. The number of anilines is 1. The number of carbonyl (C=O) groups is 1. The quantitative estimate of drug-likeness (QED) is 0.535. The average molecular weight is 429 g/mol. The van der Waals surface area contributed by atoms with Crippen LogP contribution in [0.15, 0.2) is 47.0 Å². The van der Waals surface area contributed by atoms with Crippen molar-refractivity contribution in [3.63, 3.8) is 0 Å². The van der Waals surface area contributed by atoms with E-state index in [0.717, 1.165) is 6.07 Å². The van der Waals surface area contributed by atoms with Crippen molar-refractivity contribution < 1.29 is 31.6 Å². The van der Waals surface area contributed by atoms with Gasteiger partial charge in [-0.3, -0.25) is 4.79 Å². The molecule has 0 aliphatic carbocycles. The first-order chi connectivity index (χ1) is 13.7. The molecular weight excluding hydrogens is 416 g/mol. The number of carbonyl (C=O) groups excluding carboxylic acids is 1. The number of alkyl halides is 3. The topological polar surface area (TPSA) is 64.4 Å². The van der Waals surface area contributed by atoms with E-state index in [0.29, 0.717) is 6.07 Å². The first-order valence-corrected chi connectivity index (χ1v) is 8.55. The Labute approximate surface area is 167 Å². The Morgan fingerprint density at radius 3 is 2.66 bits per heavy atom. The third-order valence-electron chi connectivity index (χ3n) is 3.94. The molecule has 0 fully saturated rings. The summed E-state index contributed by atoms with van der Waals surface area (Å²) in [6.07, 6.45) is -4.68. The van der Waals surface area contributed by atoms with E-state index in [1.165, 1.54) is 31.2 Å². The molecule has 1 aromatic heterocycles. The summed E-state index contributed by atoms with van der Waals surface area (Å²) < 4.78 is 63.0. The van der Waals surface area contributed by atoms with E-state index >= 15 is 0 Å². The maximum absolute atomic E-state index is 13.7. The lowest BCUT2D eigenvalue weighted by molar-refractivity contribution is -0.137. The van der Waals surface area contributed by atoms with Crippen molar-refractivity contribution >= 4 is 23.2 Å². The molecule has 0 saturated carbocycles. The molecule has 0 radical (unpaired) electrons. The van der Waals surface area contributed by atoms with E-state index in [2.05, 4.69) is 10.5 Å². The van der Waals surface area contributed by atoms with Crippen LogP contribution >= 0.6 is 11.6 Å². The second-order valence-corrected chi connectivity index (χ2v) is 6.34. The molecule has 0 unspecified atom stereocenters. The Morgan fingerprint density at radius 2 is 1.97 bits per heavy atom. The lowest BCUT2D eigenvalue weighted by Gasteiger charge is -2.12. The normalized spacial score (nSPS) is 11.4. The molecule has 1 amide bonds. The van der Waals surface area contributed by atoms with Crippen LogP contribution < -0.4 is 10.1 Å². The van der Waals surface area contributed by atoms with Crippen LogP contribution in [0.3, 0.4) is 0 Å². The van der Waals surface area contributed by atoms with Gasteiger partial charge in [0.1, 0.15) is 12.4 Å². The highest BCUT2D eigenvalue weighted by Gasteiger charge is 2.33. The molecule has 1 heterocycles. The standard InChI is InChI=1S/C19H13ClF4N2O3/c1-10-12(9-28-16-5-3-2-4-15(16)21)17(26-29-10)18(27)25-11-6-7-14(20)13(8-11)19(22,23)24/h2-8H,9H2,1H3,(H,25,27). The highest BCUT2D eigenvalue weighted by atomic mass is 35.5. The van der Waals surface area contributed by atoms with Gasteiger partial charge in [0.25, 0.3) is 5.91 Å². The number of aromatic nitrogens is 1. The zero-order valence-electron chi connectivity index (χ0n) is 14.8. The molecular formula is C19H13ClF4N2O3. The lowest BCUT2D eigenvalue weighted by atomic mass is 10.1. The van der Waals surface area contributed by atoms with Gasteiger partial charge in [-0.2, -0.15) is 13.2 Å². The molecule has 3 aromatic rings. The number of rotatable bonds is 5. The largest absolute Gasteiger partial charge is 0.486 e. The van der Waals surface area contributed by atoms with Gasteiger partial charge in [0, 0.05) is 5.69 Å². The van der Waals surface area contributed by atoms with Crippen LogP contribution in [0, 0.1) is 12.7 Å². The summed E-state index contributed by atoms with van der Waals surface area (Å²) in [6, 6.07) is 8.64. The van der Waals surface area contributed by atoms with Crippen molar-refractivity contribution in [2.24, 2.45) is 0 Å². The number of nitrogens with one attached hydrogen (secondary N) is 1. The van der Waals surface area contributed by atoms with E-state index in [1.807, 2.05) is 0 Å². The van der Waals surface area contributed by atoms with E-state index in [9.17, 15) is 22.4 Å². The molecule has 0 aliphatic rings. The van der Waals surface area contributed by atoms with E-state index in [4.69, 9.17) is 20.9 Å². The highest BCUT2D eigenvalue weighted by Crippen LogP contribution is 2.36. The van der Waals surface area contributed by atoms with Crippen molar-refractivity contribution in [1.29, 1.82) is 0 Å². The number of aryl methyl sites for hydroxylation is 1. The van der Waals surface area contributed by atoms with Crippen LogP contribution in [0.2, 0.25) is 5.02 Å². The van der Waals surface area contributed by atoms with Crippen LogP contribution in [0.4, 0.5) is 23.2 Å². The fraction of sp³-hybridized carbons (Fsp3) is 0.158. The van der Waals surface area contributed by atoms with Gasteiger partial charge in [-0.25, -0.2) is 4.39 Å². The van der Waals surface area contributed by atoms with Crippen LogP contribution in [0.25, 0.3) is 0 Å². The zero-order chi connectivity index (χ0) is 21.2. The third-order valence-corrected chi connectivity index (χ3v) is 4.27. The molecule has 2 aromatic carbocycles. The first-order valence-electron chi connectivity index (χ1n) is 8.17. The predicted octanol–water partition coefficient (Wildman–Crippen LogP) is 5.63. The number of ether oxygens (including phenoxy) is 1. The second kappa shape index (κ2) is 8.12. The molecule has 1 N–H and O–H groups in total. The Kier molecular flexibility index (Phi) is 5.78. The Bertz CT molecular complexity index is 1050. The minimum atomic E-state index is -4.68. The summed E-state index contributed by atoms with van der Waals surface area (Å²) in [5.41, 5.74) is -1.18. The van der Waals surface area contributed by atoms with Crippen molar-refractivity contribution in [3.8, 4) is 5.75 Å². The zero-order valence-corrected chi connectivity index (χ0v) is 15.6. The van der Waals surface area contributed by atoms with Gasteiger partial charge in [0.05, 0.1) is 16.1 Å². The minimum absolute atomic E-state index is 0.0352. The molecule has 3 rings (SSSR count). The molecule has 152 valence electrons. The molecule has 0 saturated heterocycles. The Balaban J connectivity index is 1.80. The van der Waals surface area contributed by atoms with Crippen molar-refractivity contribution in [3.05, 3.63) is 75.9 Å². The number of hydrogen-bond donors (Lipinski definition) is 1. The van der Waals surface area contributed by atoms with Gasteiger partial charge >= 0.3 is 6.18 Å². The van der Waals surface area contributed by atoms with E-state index in [-0.39, 0.29) is 35.1 Å². The van der Waals surface area contributed by atoms with Crippen LogP contribution in [-0.2, 0) is 12.8 Å². The summed E-state index contributed by atoms with van der Waals surface area (Å²) in [5.74, 6) is -1.19. The van der Waals surface area contributed by atoms with E-state index in [1.54, 1.807) is 6.07 Å². The first kappa shape index (κ1) is 20.7. The molecule has 5 nitrogen and oxygen atoms in total. The number of hydrogen-bond acceptors (Lipinski definition) is 4. The maximum atomic E-state index is 13.7. The van der Waals surface area contributed by atoms with Gasteiger partial charge in [0.2, 0.25) is 0 Å². The van der Waals surface area contributed by atoms with Crippen molar-refractivity contribution in [2.75, 3.05) is 5.32 Å². The summed E-state index contributed by atoms with van der Waals surface area (Å²) in [7, 11) is 0. The fourth-order valence-electron chi connectivity index (χ4n) is 2.46. The molecule has 0 atom stereocenters. The number of amides is 1. The molecule has 0 spiro atoms. The molecule has 0 aliphatic heterocycles. The second-order valence-electron chi connectivity index (χ2n) is 5.93. The minimum Gasteiger partial charge on any atom is -0.486 e. The monoisotopic (exact) mass is 428 g/mol. The molecule has 29 heavy (non-hydrogen) atoms. The van der Waals surface area contributed by atoms with E-state index < -0.39 is 28.5 Å². The maximum Gasteiger partial charge on any atom is 0.417 e. The number of nitrogens with zero attached hydrogens (tertiary/aromatic N) is 1. The van der Waals surface area contributed by atoms with Crippen molar-refractivity contribution in [1.82, 2.24) is 5.16 Å². The number of para-hydroxylation sites is 1. The number of benzene rings is 2. The predicted molar refractivity (Wildman–Crippen MR) is 96.4 cm³/mol. The SMILES string of the molecule is Cc1onc(C(=O)Nc2ccc(Cl)c(C(F)(F)F)c2)c1COc1ccccc1F. The summed E-state index contributed by atoms with van der Waals surface area (Å²) in [6.45, 7) is 1.29. The van der Waals surface area contributed by atoms with Gasteiger partial charge in [0.15, 0.2) is 17.3 Å². The van der Waals surface area contributed by atoms with Crippen LogP contribution in [0.1, 0.15) is 27.4 Å².